The molecule has 0 spiro atoms. The number of carbonyl (C=O) groups excluding carboxylic acids is 1. The highest BCUT2D eigenvalue weighted by atomic mass is 32.2. The second-order valence-electron chi connectivity index (χ2n) is 5.77. The fourth-order valence-corrected chi connectivity index (χ4v) is 3.77. The second-order valence-corrected chi connectivity index (χ2v) is 7.42. The summed E-state index contributed by atoms with van der Waals surface area (Å²) in [5.41, 5.74) is 1.27. The van der Waals surface area contributed by atoms with E-state index in [1.807, 2.05) is 19.1 Å². The van der Waals surface area contributed by atoms with Crippen LogP contribution in [-0.4, -0.2) is 25.9 Å². The van der Waals surface area contributed by atoms with Crippen LogP contribution in [-0.2, 0) is 10.0 Å². The van der Waals surface area contributed by atoms with Gasteiger partial charge in [-0.25, -0.2) is 8.42 Å². The summed E-state index contributed by atoms with van der Waals surface area (Å²) in [6.07, 6.45) is 2.41. The van der Waals surface area contributed by atoms with Crippen LogP contribution in [0.5, 0.6) is 0 Å². The van der Waals surface area contributed by atoms with Crippen molar-refractivity contribution in [3.05, 3.63) is 66.4 Å². The van der Waals surface area contributed by atoms with Gasteiger partial charge in [-0.15, -0.1) is 0 Å². The molecule has 134 valence electrons. The average Bonchev–Trinajstić information content (AvgIpc) is 2.66. The number of hydrogen-bond donors (Lipinski definition) is 2. The molecule has 1 amide bonds. The van der Waals surface area contributed by atoms with Crippen molar-refractivity contribution in [2.45, 2.75) is 18.2 Å². The number of benzene rings is 2. The van der Waals surface area contributed by atoms with E-state index in [2.05, 4.69) is 15.0 Å². The van der Waals surface area contributed by atoms with Gasteiger partial charge in [-0.05, 0) is 42.8 Å². The summed E-state index contributed by atoms with van der Waals surface area (Å²) in [7, 11) is -3.80. The van der Waals surface area contributed by atoms with Crippen LogP contribution < -0.4 is 10.0 Å². The standard InChI is InChI=1S/C19H19N3O3S/c1-2-12-21-19(23)15-8-10-16(11-9-15)22-26(24,25)17-7-3-5-14-6-4-13-20-18(14)17/h3-11,13,22H,2,12H2,1H3,(H,21,23). The summed E-state index contributed by atoms with van der Waals surface area (Å²) < 4.78 is 28.0. The minimum Gasteiger partial charge on any atom is -0.352 e. The van der Waals surface area contributed by atoms with Gasteiger partial charge in [0.1, 0.15) is 4.90 Å². The van der Waals surface area contributed by atoms with Gasteiger partial charge in [-0.2, -0.15) is 0 Å². The first-order valence-electron chi connectivity index (χ1n) is 8.26. The highest BCUT2D eigenvalue weighted by Crippen LogP contribution is 2.23. The van der Waals surface area contributed by atoms with Crippen molar-refractivity contribution in [2.24, 2.45) is 0 Å². The Morgan fingerprint density at radius 2 is 1.77 bits per heavy atom. The minimum absolute atomic E-state index is 0.111. The van der Waals surface area contributed by atoms with Gasteiger partial charge in [-0.1, -0.05) is 25.1 Å². The van der Waals surface area contributed by atoms with E-state index in [1.165, 1.54) is 6.07 Å². The number of nitrogens with one attached hydrogen (secondary N) is 2. The largest absolute Gasteiger partial charge is 0.352 e. The quantitative estimate of drug-likeness (QED) is 0.698. The van der Waals surface area contributed by atoms with Gasteiger partial charge in [-0.3, -0.25) is 14.5 Å². The van der Waals surface area contributed by atoms with Crippen LogP contribution in [0.25, 0.3) is 10.9 Å². The molecule has 0 radical (unpaired) electrons. The summed E-state index contributed by atoms with van der Waals surface area (Å²) in [4.78, 5) is 16.2. The van der Waals surface area contributed by atoms with Gasteiger partial charge in [0.25, 0.3) is 15.9 Å². The van der Waals surface area contributed by atoms with E-state index in [4.69, 9.17) is 0 Å². The molecule has 0 saturated heterocycles. The Balaban J connectivity index is 1.84. The smallest absolute Gasteiger partial charge is 0.264 e. The molecule has 2 aromatic carbocycles. The lowest BCUT2D eigenvalue weighted by molar-refractivity contribution is 0.0953. The fraction of sp³-hybridized carbons (Fsp3) is 0.158. The molecule has 26 heavy (non-hydrogen) atoms. The molecule has 0 unspecified atom stereocenters. The summed E-state index contributed by atoms with van der Waals surface area (Å²) in [6, 6.07) is 14.9. The van der Waals surface area contributed by atoms with Gasteiger partial charge in [0.05, 0.1) is 5.52 Å². The van der Waals surface area contributed by atoms with Crippen molar-refractivity contribution in [1.82, 2.24) is 10.3 Å². The van der Waals surface area contributed by atoms with Crippen LogP contribution in [0.15, 0.2) is 65.7 Å². The molecule has 0 atom stereocenters. The third kappa shape index (κ3) is 3.83. The van der Waals surface area contributed by atoms with Crippen molar-refractivity contribution in [3.63, 3.8) is 0 Å². The van der Waals surface area contributed by atoms with Crippen molar-refractivity contribution >= 4 is 32.5 Å². The molecule has 0 aliphatic heterocycles. The number of sulfonamides is 1. The Bertz CT molecular complexity index is 1030. The zero-order valence-electron chi connectivity index (χ0n) is 14.3. The van der Waals surface area contributed by atoms with Gasteiger partial charge in [0.2, 0.25) is 0 Å². The Kier molecular flexibility index (Phi) is 5.18. The van der Waals surface area contributed by atoms with Crippen LogP contribution in [0.4, 0.5) is 5.69 Å². The number of fused-ring (bicyclic) bond motifs is 1. The third-order valence-corrected chi connectivity index (χ3v) is 5.23. The highest BCUT2D eigenvalue weighted by molar-refractivity contribution is 7.93. The molecule has 0 aliphatic carbocycles. The third-order valence-electron chi connectivity index (χ3n) is 3.82. The predicted octanol–water partition coefficient (Wildman–Crippen LogP) is 3.18. The Hall–Kier alpha value is -2.93. The number of nitrogens with zero attached hydrogens (tertiary/aromatic N) is 1. The fourth-order valence-electron chi connectivity index (χ4n) is 2.53. The molecule has 6 nitrogen and oxygen atoms in total. The monoisotopic (exact) mass is 369 g/mol. The molecule has 1 aromatic heterocycles. The van der Waals surface area contributed by atoms with Crippen LogP contribution in [0.2, 0.25) is 0 Å². The zero-order chi connectivity index (χ0) is 18.6. The molecule has 2 N–H and O–H groups in total. The lowest BCUT2D eigenvalue weighted by Crippen LogP contribution is -2.23. The normalized spacial score (nSPS) is 11.3. The Labute approximate surface area is 152 Å². The lowest BCUT2D eigenvalue weighted by atomic mass is 10.2. The van der Waals surface area contributed by atoms with Crippen LogP contribution in [0.1, 0.15) is 23.7 Å². The maximum absolute atomic E-state index is 12.7. The molecule has 0 fully saturated rings. The van der Waals surface area contributed by atoms with Crippen LogP contribution in [0.3, 0.4) is 0 Å². The first-order chi connectivity index (χ1) is 12.5. The summed E-state index contributed by atoms with van der Waals surface area (Å²) in [6.45, 7) is 2.57. The van der Waals surface area contributed by atoms with E-state index in [1.54, 1.807) is 42.6 Å². The van der Waals surface area contributed by atoms with E-state index in [-0.39, 0.29) is 10.8 Å². The number of aromatic nitrogens is 1. The minimum atomic E-state index is -3.80. The van der Waals surface area contributed by atoms with Gasteiger partial charge in [0.15, 0.2) is 0 Å². The van der Waals surface area contributed by atoms with Crippen molar-refractivity contribution in [2.75, 3.05) is 11.3 Å². The van der Waals surface area contributed by atoms with Crippen molar-refractivity contribution in [3.8, 4) is 0 Å². The van der Waals surface area contributed by atoms with Gasteiger partial charge < -0.3 is 5.32 Å². The van der Waals surface area contributed by atoms with Crippen molar-refractivity contribution < 1.29 is 13.2 Å². The number of carbonyl (C=O) groups is 1. The number of para-hydroxylation sites is 1. The van der Waals surface area contributed by atoms with Crippen LogP contribution in [0, 0.1) is 0 Å². The van der Waals surface area contributed by atoms with Gasteiger partial charge >= 0.3 is 0 Å². The number of pyridine rings is 1. The Morgan fingerprint density at radius 1 is 1.04 bits per heavy atom. The summed E-state index contributed by atoms with van der Waals surface area (Å²) in [5.74, 6) is -0.181. The molecule has 7 heteroatoms. The summed E-state index contributed by atoms with van der Waals surface area (Å²) >= 11 is 0. The van der Waals surface area contributed by atoms with E-state index >= 15 is 0 Å². The van der Waals surface area contributed by atoms with E-state index in [0.717, 1.165) is 11.8 Å². The average molecular weight is 369 g/mol. The molecular formula is C19H19N3O3S. The topological polar surface area (TPSA) is 88.2 Å². The lowest BCUT2D eigenvalue weighted by Gasteiger charge is -2.10. The zero-order valence-corrected chi connectivity index (χ0v) is 15.1. The second kappa shape index (κ2) is 7.53. The van der Waals surface area contributed by atoms with Gasteiger partial charge in [0, 0.05) is 29.4 Å². The van der Waals surface area contributed by atoms with Crippen LogP contribution >= 0.6 is 0 Å². The van der Waals surface area contributed by atoms with E-state index in [0.29, 0.717) is 23.3 Å². The summed E-state index contributed by atoms with van der Waals surface area (Å²) in [5, 5.41) is 3.52. The molecule has 0 aliphatic rings. The highest BCUT2D eigenvalue weighted by Gasteiger charge is 2.18. The number of amides is 1. The molecule has 1 heterocycles. The first-order valence-corrected chi connectivity index (χ1v) is 9.74. The predicted molar refractivity (Wildman–Crippen MR) is 102 cm³/mol. The molecule has 3 rings (SSSR count). The number of rotatable bonds is 6. The maximum Gasteiger partial charge on any atom is 0.264 e. The molecule has 0 saturated carbocycles. The van der Waals surface area contributed by atoms with E-state index < -0.39 is 10.0 Å². The number of hydrogen-bond acceptors (Lipinski definition) is 4. The maximum atomic E-state index is 12.7. The Morgan fingerprint density at radius 3 is 2.50 bits per heavy atom. The SMILES string of the molecule is CCCNC(=O)c1ccc(NS(=O)(=O)c2cccc3cccnc23)cc1. The number of anilines is 1. The first kappa shape index (κ1) is 17.9. The molecule has 3 aromatic rings. The van der Waals surface area contributed by atoms with E-state index in [9.17, 15) is 13.2 Å². The molecule has 0 bridgehead atoms. The molecular weight excluding hydrogens is 350 g/mol. The van der Waals surface area contributed by atoms with Crippen molar-refractivity contribution in [1.29, 1.82) is 0 Å².